The number of hydrogen-bond donors (Lipinski definition) is 2. The molecular weight excluding hydrogens is 280 g/mol. The summed E-state index contributed by atoms with van der Waals surface area (Å²) in [6.45, 7) is 5.62. The van der Waals surface area contributed by atoms with E-state index in [9.17, 15) is 9.90 Å². The molecule has 5 heteroatoms. The Morgan fingerprint density at radius 2 is 1.95 bits per heavy atom. The maximum atomic E-state index is 12.4. The summed E-state index contributed by atoms with van der Waals surface area (Å²) >= 11 is 0. The van der Waals surface area contributed by atoms with Crippen molar-refractivity contribution in [1.29, 1.82) is 0 Å². The fraction of sp³-hybridized carbons (Fsp3) is 0.588. The molecule has 2 N–H and O–H groups in total. The van der Waals surface area contributed by atoms with Gasteiger partial charge in [-0.1, -0.05) is 30.3 Å². The molecule has 0 saturated carbocycles. The Labute approximate surface area is 132 Å². The molecule has 2 rings (SSSR count). The molecule has 1 aromatic carbocycles. The number of rotatable bonds is 6. The van der Waals surface area contributed by atoms with Gasteiger partial charge in [-0.3, -0.25) is 4.79 Å². The first-order valence-corrected chi connectivity index (χ1v) is 7.92. The quantitative estimate of drug-likeness (QED) is 0.832. The highest BCUT2D eigenvalue weighted by Gasteiger charge is 2.26. The number of carbonyl (C=O) groups is 1. The molecule has 1 aliphatic heterocycles. The molecule has 0 aliphatic carbocycles. The molecule has 0 radical (unpaired) electrons. The molecule has 0 aromatic heterocycles. The van der Waals surface area contributed by atoms with Crippen LogP contribution in [0.5, 0.6) is 0 Å². The number of morpholine rings is 1. The zero-order valence-electron chi connectivity index (χ0n) is 13.4. The summed E-state index contributed by atoms with van der Waals surface area (Å²) in [7, 11) is 0. The van der Waals surface area contributed by atoms with Crippen LogP contribution in [0.4, 0.5) is 0 Å². The topological polar surface area (TPSA) is 61.8 Å². The molecule has 122 valence electrons. The van der Waals surface area contributed by atoms with Gasteiger partial charge in [0.2, 0.25) is 5.91 Å². The number of benzene rings is 1. The Hall–Kier alpha value is -1.43. The van der Waals surface area contributed by atoms with Crippen molar-refractivity contribution >= 4 is 5.91 Å². The van der Waals surface area contributed by atoms with Crippen LogP contribution < -0.4 is 5.32 Å². The van der Waals surface area contributed by atoms with Crippen molar-refractivity contribution < 1.29 is 14.6 Å². The molecule has 1 aromatic rings. The zero-order chi connectivity index (χ0) is 15.9. The minimum atomic E-state index is -0.00830. The number of aliphatic hydroxyl groups excluding tert-OH is 1. The van der Waals surface area contributed by atoms with Gasteiger partial charge in [-0.15, -0.1) is 0 Å². The Balaban J connectivity index is 1.90. The molecule has 3 atom stereocenters. The van der Waals surface area contributed by atoms with Gasteiger partial charge in [0.15, 0.2) is 0 Å². The fourth-order valence-corrected chi connectivity index (χ4v) is 2.90. The predicted octanol–water partition coefficient (Wildman–Crippen LogP) is 1.34. The van der Waals surface area contributed by atoms with E-state index in [1.807, 2.05) is 49.1 Å². The smallest absolute Gasteiger partial charge is 0.236 e. The minimum absolute atomic E-state index is 0.00830. The van der Waals surface area contributed by atoms with E-state index in [2.05, 4.69) is 5.32 Å². The zero-order valence-corrected chi connectivity index (χ0v) is 13.4. The molecule has 1 saturated heterocycles. The van der Waals surface area contributed by atoms with Crippen LogP contribution in [-0.2, 0) is 9.53 Å². The number of hydrogen-bond acceptors (Lipinski definition) is 4. The summed E-state index contributed by atoms with van der Waals surface area (Å²) in [6, 6.07) is 9.91. The van der Waals surface area contributed by atoms with Gasteiger partial charge < -0.3 is 20.1 Å². The van der Waals surface area contributed by atoms with Gasteiger partial charge in [-0.2, -0.15) is 0 Å². The summed E-state index contributed by atoms with van der Waals surface area (Å²) in [5.41, 5.74) is 1.09. The number of aliphatic hydroxyl groups is 1. The molecule has 1 heterocycles. The first kappa shape index (κ1) is 16.9. The van der Waals surface area contributed by atoms with Gasteiger partial charge in [0.25, 0.3) is 0 Å². The number of carbonyl (C=O) groups excluding carboxylic acids is 1. The molecule has 0 bridgehead atoms. The van der Waals surface area contributed by atoms with Gasteiger partial charge in [0.1, 0.15) is 0 Å². The summed E-state index contributed by atoms with van der Waals surface area (Å²) in [5.74, 6) is 0.0841. The van der Waals surface area contributed by atoms with Crippen molar-refractivity contribution in [2.24, 2.45) is 0 Å². The third-order valence-electron chi connectivity index (χ3n) is 3.89. The molecular formula is C17H26N2O3. The summed E-state index contributed by atoms with van der Waals surface area (Å²) in [4.78, 5) is 14.2. The SMILES string of the molecule is CC1CN(C(=O)CNC(CCO)c2ccccc2)CC(C)O1. The Bertz CT molecular complexity index is 456. The van der Waals surface area contributed by atoms with Crippen molar-refractivity contribution in [2.75, 3.05) is 26.2 Å². The molecule has 0 spiro atoms. The lowest BCUT2D eigenvalue weighted by molar-refractivity contribution is -0.142. The van der Waals surface area contributed by atoms with Crippen LogP contribution >= 0.6 is 0 Å². The van der Waals surface area contributed by atoms with Gasteiger partial charge in [0, 0.05) is 25.7 Å². The lowest BCUT2D eigenvalue weighted by Gasteiger charge is -2.35. The van der Waals surface area contributed by atoms with Crippen molar-refractivity contribution in [2.45, 2.75) is 38.5 Å². The summed E-state index contributed by atoms with van der Waals surface area (Å²) in [6.07, 6.45) is 0.748. The fourth-order valence-electron chi connectivity index (χ4n) is 2.90. The van der Waals surface area contributed by atoms with Crippen LogP contribution in [0.25, 0.3) is 0 Å². The number of nitrogens with zero attached hydrogens (tertiary/aromatic N) is 1. The predicted molar refractivity (Wildman–Crippen MR) is 85.5 cm³/mol. The van der Waals surface area contributed by atoms with E-state index in [0.717, 1.165) is 5.56 Å². The second-order valence-electron chi connectivity index (χ2n) is 5.91. The third kappa shape index (κ3) is 4.80. The average molecular weight is 306 g/mol. The van der Waals surface area contributed by atoms with E-state index in [4.69, 9.17) is 4.74 Å². The van der Waals surface area contributed by atoms with Gasteiger partial charge >= 0.3 is 0 Å². The lowest BCUT2D eigenvalue weighted by atomic mass is 10.0. The van der Waals surface area contributed by atoms with Crippen molar-refractivity contribution in [3.05, 3.63) is 35.9 Å². The van der Waals surface area contributed by atoms with Crippen LogP contribution in [0.1, 0.15) is 31.9 Å². The van der Waals surface area contributed by atoms with Gasteiger partial charge in [0.05, 0.1) is 18.8 Å². The molecule has 1 aliphatic rings. The molecule has 1 amide bonds. The van der Waals surface area contributed by atoms with E-state index in [1.165, 1.54) is 0 Å². The molecule has 5 nitrogen and oxygen atoms in total. The summed E-state index contributed by atoms with van der Waals surface area (Å²) in [5, 5.41) is 12.5. The highest BCUT2D eigenvalue weighted by atomic mass is 16.5. The maximum absolute atomic E-state index is 12.4. The van der Waals surface area contributed by atoms with Crippen molar-refractivity contribution in [1.82, 2.24) is 10.2 Å². The number of nitrogens with one attached hydrogen (secondary N) is 1. The highest BCUT2D eigenvalue weighted by Crippen LogP contribution is 2.16. The van der Waals surface area contributed by atoms with E-state index < -0.39 is 0 Å². The Morgan fingerprint density at radius 1 is 1.32 bits per heavy atom. The molecule has 1 fully saturated rings. The van der Waals surface area contributed by atoms with E-state index in [0.29, 0.717) is 19.5 Å². The number of ether oxygens (including phenoxy) is 1. The van der Waals surface area contributed by atoms with E-state index in [-0.39, 0.29) is 37.3 Å². The molecule has 3 unspecified atom stereocenters. The standard InChI is InChI=1S/C17H26N2O3/c1-13-11-19(12-14(2)22-13)17(21)10-18-16(8-9-20)15-6-4-3-5-7-15/h3-7,13-14,16,18,20H,8-12H2,1-2H3. The van der Waals surface area contributed by atoms with Crippen LogP contribution in [0.15, 0.2) is 30.3 Å². The highest BCUT2D eigenvalue weighted by molar-refractivity contribution is 5.78. The Kier molecular flexibility index (Phi) is 6.36. The van der Waals surface area contributed by atoms with Gasteiger partial charge in [-0.05, 0) is 25.8 Å². The molecule has 22 heavy (non-hydrogen) atoms. The monoisotopic (exact) mass is 306 g/mol. The largest absolute Gasteiger partial charge is 0.396 e. The average Bonchev–Trinajstić information content (AvgIpc) is 2.51. The normalized spacial score (nSPS) is 23.3. The van der Waals surface area contributed by atoms with Crippen LogP contribution in [0.2, 0.25) is 0 Å². The van der Waals surface area contributed by atoms with Crippen molar-refractivity contribution in [3.8, 4) is 0 Å². The number of amides is 1. The lowest BCUT2D eigenvalue weighted by Crippen LogP contribution is -2.50. The minimum Gasteiger partial charge on any atom is -0.396 e. The van der Waals surface area contributed by atoms with Crippen LogP contribution in [0.3, 0.4) is 0 Å². The maximum Gasteiger partial charge on any atom is 0.236 e. The Morgan fingerprint density at radius 3 is 2.55 bits per heavy atom. The van der Waals surface area contributed by atoms with Crippen molar-refractivity contribution in [3.63, 3.8) is 0 Å². The van der Waals surface area contributed by atoms with Crippen LogP contribution in [-0.4, -0.2) is 54.4 Å². The first-order chi connectivity index (χ1) is 10.6. The summed E-state index contributed by atoms with van der Waals surface area (Å²) < 4.78 is 5.65. The van der Waals surface area contributed by atoms with Crippen LogP contribution in [0, 0.1) is 0 Å². The van der Waals surface area contributed by atoms with E-state index in [1.54, 1.807) is 0 Å². The van der Waals surface area contributed by atoms with Gasteiger partial charge in [-0.25, -0.2) is 0 Å². The van der Waals surface area contributed by atoms with E-state index >= 15 is 0 Å². The first-order valence-electron chi connectivity index (χ1n) is 7.92. The second kappa shape index (κ2) is 8.27. The second-order valence-corrected chi connectivity index (χ2v) is 5.91. The third-order valence-corrected chi connectivity index (χ3v) is 3.89.